The largest absolute Gasteiger partial charge is 0.365 e. The van der Waals surface area contributed by atoms with Gasteiger partial charge in [0.25, 0.3) is 0 Å². The highest BCUT2D eigenvalue weighted by Gasteiger charge is 2.30. The Kier molecular flexibility index (Phi) is 3.76. The van der Waals surface area contributed by atoms with Gasteiger partial charge in [0.1, 0.15) is 5.82 Å². The number of anilines is 1. The fraction of sp³-hybridized carbons (Fsp3) is 0.571. The van der Waals surface area contributed by atoms with Gasteiger partial charge in [-0.25, -0.2) is 8.78 Å². The molecule has 1 unspecified atom stereocenters. The van der Waals surface area contributed by atoms with Gasteiger partial charge in [0, 0.05) is 36.2 Å². The Hall–Kier alpha value is -0.680. The van der Waals surface area contributed by atoms with Crippen molar-refractivity contribution in [1.29, 1.82) is 0 Å². The summed E-state index contributed by atoms with van der Waals surface area (Å²) in [6.45, 7) is 3.76. The van der Waals surface area contributed by atoms with Crippen LogP contribution in [0.4, 0.5) is 14.5 Å². The third kappa shape index (κ3) is 2.63. The number of hydrogen-bond acceptors (Lipinski definition) is 2. The van der Waals surface area contributed by atoms with E-state index in [1.165, 1.54) is 25.3 Å². The second-order valence-corrected chi connectivity index (χ2v) is 6.20. The number of hydrogen-bond donors (Lipinski definition) is 0. The van der Waals surface area contributed by atoms with E-state index in [0.29, 0.717) is 16.2 Å². The molecule has 0 aliphatic carbocycles. The lowest BCUT2D eigenvalue weighted by molar-refractivity contribution is 0.133. The molecule has 2 nitrogen and oxygen atoms in total. The molecule has 0 radical (unpaired) electrons. The van der Waals surface area contributed by atoms with Crippen LogP contribution in [0.2, 0.25) is 0 Å². The molecule has 0 amide bonds. The van der Waals surface area contributed by atoms with E-state index in [0.717, 1.165) is 32.2 Å². The number of nitrogens with zero attached hydrogens (tertiary/aromatic N) is 2. The van der Waals surface area contributed by atoms with Gasteiger partial charge >= 0.3 is 0 Å². The zero-order valence-electron chi connectivity index (χ0n) is 10.7. The molecular weight excluding hydrogens is 314 g/mol. The molecule has 0 bridgehead atoms. The number of piperazine rings is 1. The van der Waals surface area contributed by atoms with Crippen LogP contribution in [0.25, 0.3) is 0 Å². The summed E-state index contributed by atoms with van der Waals surface area (Å²) in [5.41, 5.74) is 0.506. The van der Waals surface area contributed by atoms with Crippen LogP contribution in [-0.2, 0) is 0 Å². The fourth-order valence-corrected chi connectivity index (χ4v) is 3.85. The highest BCUT2D eigenvalue weighted by atomic mass is 79.9. The third-order valence-electron chi connectivity index (χ3n) is 4.14. The van der Waals surface area contributed by atoms with Crippen LogP contribution in [-0.4, -0.2) is 37.1 Å². The summed E-state index contributed by atoms with van der Waals surface area (Å²) >= 11 is 3.29. The molecule has 0 aromatic heterocycles. The zero-order chi connectivity index (χ0) is 13.4. The first kappa shape index (κ1) is 13.3. The quantitative estimate of drug-likeness (QED) is 0.778. The summed E-state index contributed by atoms with van der Waals surface area (Å²) in [5, 5.41) is 0. The summed E-state index contributed by atoms with van der Waals surface area (Å²) in [4.78, 5) is 4.54. The van der Waals surface area contributed by atoms with Crippen LogP contribution in [0.15, 0.2) is 16.6 Å². The lowest BCUT2D eigenvalue weighted by atomic mass is 9.99. The van der Waals surface area contributed by atoms with Crippen LogP contribution in [0, 0.1) is 11.6 Å². The zero-order valence-corrected chi connectivity index (χ0v) is 12.3. The van der Waals surface area contributed by atoms with E-state index in [1.807, 2.05) is 4.90 Å². The number of rotatable bonds is 1. The summed E-state index contributed by atoms with van der Waals surface area (Å²) in [6.07, 6.45) is 3.70. The highest BCUT2D eigenvalue weighted by molar-refractivity contribution is 9.10. The maximum atomic E-state index is 14.0. The van der Waals surface area contributed by atoms with E-state index in [9.17, 15) is 8.78 Å². The van der Waals surface area contributed by atoms with Gasteiger partial charge < -0.3 is 4.90 Å². The van der Waals surface area contributed by atoms with Gasteiger partial charge in [-0.1, -0.05) is 6.42 Å². The van der Waals surface area contributed by atoms with Crippen LogP contribution in [0.1, 0.15) is 19.3 Å². The van der Waals surface area contributed by atoms with E-state index in [2.05, 4.69) is 20.8 Å². The molecule has 3 rings (SSSR count). The minimum Gasteiger partial charge on any atom is -0.365 e. The maximum absolute atomic E-state index is 14.0. The molecule has 104 valence electrons. The lowest BCUT2D eigenvalue weighted by Gasteiger charge is -2.45. The molecule has 1 aromatic carbocycles. The van der Waals surface area contributed by atoms with E-state index >= 15 is 0 Å². The first-order chi connectivity index (χ1) is 9.15. The van der Waals surface area contributed by atoms with Gasteiger partial charge in [0.2, 0.25) is 0 Å². The van der Waals surface area contributed by atoms with Gasteiger partial charge in [-0.3, -0.25) is 4.90 Å². The summed E-state index contributed by atoms with van der Waals surface area (Å²) in [5.74, 6) is -1.01. The van der Waals surface area contributed by atoms with Crippen molar-refractivity contribution in [3.63, 3.8) is 0 Å². The van der Waals surface area contributed by atoms with Gasteiger partial charge in [-0.15, -0.1) is 0 Å². The molecule has 0 spiro atoms. The van der Waals surface area contributed by atoms with E-state index in [1.54, 1.807) is 0 Å². The van der Waals surface area contributed by atoms with Crippen molar-refractivity contribution in [2.75, 3.05) is 31.1 Å². The summed E-state index contributed by atoms with van der Waals surface area (Å²) in [7, 11) is 0. The molecule has 1 atom stereocenters. The second kappa shape index (κ2) is 5.37. The van der Waals surface area contributed by atoms with Crippen LogP contribution < -0.4 is 4.90 Å². The molecule has 1 aromatic rings. The standard InChI is InChI=1S/C14H17BrF2N2/c15-12-7-10(16)8-13(17)14(12)19-6-5-18-4-2-1-3-11(18)9-19/h7-8,11H,1-6,9H2. The van der Waals surface area contributed by atoms with E-state index in [-0.39, 0.29) is 0 Å². The van der Waals surface area contributed by atoms with Crippen molar-refractivity contribution in [1.82, 2.24) is 4.90 Å². The van der Waals surface area contributed by atoms with Gasteiger partial charge in [-0.05, 0) is 41.4 Å². The van der Waals surface area contributed by atoms with E-state index < -0.39 is 11.6 Å². The smallest absolute Gasteiger partial charge is 0.150 e. The van der Waals surface area contributed by atoms with Gasteiger partial charge in [-0.2, -0.15) is 0 Å². The molecule has 2 aliphatic rings. The Labute approximate surface area is 120 Å². The number of halogens is 3. The Morgan fingerprint density at radius 1 is 1.11 bits per heavy atom. The highest BCUT2D eigenvalue weighted by Crippen LogP contribution is 2.33. The topological polar surface area (TPSA) is 6.48 Å². The minimum atomic E-state index is -0.538. The molecule has 0 N–H and O–H groups in total. The monoisotopic (exact) mass is 330 g/mol. The first-order valence-electron chi connectivity index (χ1n) is 6.78. The van der Waals surface area contributed by atoms with Crippen molar-refractivity contribution >= 4 is 21.6 Å². The molecular formula is C14H17BrF2N2. The Morgan fingerprint density at radius 2 is 1.95 bits per heavy atom. The average molecular weight is 331 g/mol. The fourth-order valence-electron chi connectivity index (χ4n) is 3.20. The number of piperidine rings is 1. The molecule has 2 fully saturated rings. The average Bonchev–Trinajstić information content (AvgIpc) is 2.37. The number of fused-ring (bicyclic) bond motifs is 1. The van der Waals surface area contributed by atoms with Crippen molar-refractivity contribution in [2.24, 2.45) is 0 Å². The van der Waals surface area contributed by atoms with Crippen molar-refractivity contribution in [3.05, 3.63) is 28.2 Å². The first-order valence-corrected chi connectivity index (χ1v) is 7.58. The van der Waals surface area contributed by atoms with Gasteiger partial charge in [0.15, 0.2) is 5.82 Å². The van der Waals surface area contributed by atoms with Crippen LogP contribution in [0.5, 0.6) is 0 Å². The SMILES string of the molecule is Fc1cc(F)c(N2CCN3CCCCC3C2)c(Br)c1. The van der Waals surface area contributed by atoms with E-state index in [4.69, 9.17) is 0 Å². The predicted octanol–water partition coefficient (Wildman–Crippen LogP) is 3.40. The maximum Gasteiger partial charge on any atom is 0.150 e. The van der Waals surface area contributed by atoms with Crippen LogP contribution >= 0.6 is 15.9 Å². The summed E-state index contributed by atoms with van der Waals surface area (Å²) in [6, 6.07) is 2.82. The molecule has 0 saturated carbocycles. The second-order valence-electron chi connectivity index (χ2n) is 5.35. The van der Waals surface area contributed by atoms with Crippen LogP contribution in [0.3, 0.4) is 0 Å². The Balaban J connectivity index is 1.83. The third-order valence-corrected chi connectivity index (χ3v) is 4.74. The van der Waals surface area contributed by atoms with Crippen molar-refractivity contribution in [2.45, 2.75) is 25.3 Å². The number of benzene rings is 1. The van der Waals surface area contributed by atoms with Gasteiger partial charge in [0.05, 0.1) is 5.69 Å². The lowest BCUT2D eigenvalue weighted by Crippen LogP contribution is -2.55. The predicted molar refractivity (Wildman–Crippen MR) is 75.5 cm³/mol. The molecule has 2 aliphatic heterocycles. The molecule has 5 heteroatoms. The minimum absolute atomic E-state index is 0.476. The molecule has 19 heavy (non-hydrogen) atoms. The Morgan fingerprint density at radius 3 is 2.74 bits per heavy atom. The molecule has 2 saturated heterocycles. The normalized spacial score (nSPS) is 24.4. The Bertz CT molecular complexity index is 458. The van der Waals surface area contributed by atoms with Crippen molar-refractivity contribution in [3.8, 4) is 0 Å². The summed E-state index contributed by atoms with van der Waals surface area (Å²) < 4.78 is 27.7. The molecule has 2 heterocycles. The van der Waals surface area contributed by atoms with Crippen molar-refractivity contribution < 1.29 is 8.78 Å².